The predicted octanol–water partition coefficient (Wildman–Crippen LogP) is 3.67. The van der Waals surface area contributed by atoms with E-state index in [4.69, 9.17) is 0 Å². The number of hydrogen-bond acceptors (Lipinski definition) is 1. The molecular weight excluding hydrogens is 246 g/mol. The van der Waals surface area contributed by atoms with E-state index < -0.39 is 0 Å². The van der Waals surface area contributed by atoms with Crippen LogP contribution in [0.25, 0.3) is 0 Å². The van der Waals surface area contributed by atoms with Gasteiger partial charge < -0.3 is 5.32 Å². The first kappa shape index (κ1) is 12.7. The van der Waals surface area contributed by atoms with Crippen molar-refractivity contribution in [2.45, 2.75) is 19.8 Å². The Bertz CT molecular complexity index is 604. The first-order valence-corrected chi connectivity index (χ1v) is 6.84. The molecule has 2 unspecified atom stereocenters. The minimum absolute atomic E-state index is 0.00998. The van der Waals surface area contributed by atoms with Gasteiger partial charge in [-0.2, -0.15) is 0 Å². The van der Waals surface area contributed by atoms with E-state index in [1.807, 2.05) is 24.3 Å². The lowest BCUT2D eigenvalue weighted by molar-refractivity contribution is -0.118. The number of nitrogens with one attached hydrogen (secondary N) is 1. The van der Waals surface area contributed by atoms with Crippen molar-refractivity contribution in [3.8, 4) is 0 Å². The molecule has 100 valence electrons. The van der Waals surface area contributed by atoms with E-state index in [1.165, 1.54) is 5.56 Å². The quantitative estimate of drug-likeness (QED) is 0.899. The Morgan fingerprint density at radius 1 is 1.15 bits per heavy atom. The summed E-state index contributed by atoms with van der Waals surface area (Å²) in [5, 5.41) is 2.97. The molecule has 2 nitrogen and oxygen atoms in total. The monoisotopic (exact) mass is 263 g/mol. The molecule has 1 amide bonds. The molecule has 0 aromatic heterocycles. The Morgan fingerprint density at radius 2 is 1.90 bits per heavy atom. The smallest absolute Gasteiger partial charge is 0.228 e. The van der Waals surface area contributed by atoms with Gasteiger partial charge in [0, 0.05) is 17.7 Å². The van der Waals surface area contributed by atoms with E-state index in [2.05, 4.69) is 43.4 Å². The van der Waals surface area contributed by atoms with Gasteiger partial charge >= 0.3 is 0 Å². The van der Waals surface area contributed by atoms with Crippen LogP contribution in [0, 0.1) is 23.5 Å². The van der Waals surface area contributed by atoms with E-state index in [0.29, 0.717) is 5.92 Å². The molecule has 0 bridgehead atoms. The summed E-state index contributed by atoms with van der Waals surface area (Å²) in [6, 6.07) is 21.3. The van der Waals surface area contributed by atoms with Crippen molar-refractivity contribution in [1.82, 2.24) is 0 Å². The van der Waals surface area contributed by atoms with Crippen LogP contribution in [0.4, 0.5) is 5.69 Å². The summed E-state index contributed by atoms with van der Waals surface area (Å²) >= 11 is 0. The van der Waals surface area contributed by atoms with E-state index >= 15 is 0 Å². The number of amides is 1. The molecule has 1 N–H and O–H groups in total. The summed E-state index contributed by atoms with van der Waals surface area (Å²) in [5.74, 6) is 0.403. The number of carbonyl (C=O) groups excluding carboxylic acids is 1. The van der Waals surface area contributed by atoms with Gasteiger partial charge in [-0.05, 0) is 23.1 Å². The van der Waals surface area contributed by atoms with Crippen LogP contribution >= 0.6 is 0 Å². The van der Waals surface area contributed by atoms with Gasteiger partial charge in [-0.15, -0.1) is 0 Å². The van der Waals surface area contributed by atoms with Gasteiger partial charge in [-0.3, -0.25) is 4.79 Å². The molecule has 2 atom stereocenters. The summed E-state index contributed by atoms with van der Waals surface area (Å²) in [6.45, 7) is 4.31. The first-order valence-electron chi connectivity index (χ1n) is 6.84. The number of anilines is 1. The van der Waals surface area contributed by atoms with Crippen LogP contribution in [0.3, 0.4) is 0 Å². The van der Waals surface area contributed by atoms with Crippen molar-refractivity contribution in [3.05, 3.63) is 66.2 Å². The zero-order valence-corrected chi connectivity index (χ0v) is 11.7. The highest BCUT2D eigenvalue weighted by Crippen LogP contribution is 2.64. The number of hydrogen-bond donors (Lipinski definition) is 1. The highest BCUT2D eigenvalue weighted by atomic mass is 16.2. The standard InChI is InChI=1S/C18H17NO/c1-18(2)15(13-9-5-3-6-10-13)16(18)17(20)19-14-11-7-4-8-12-14/h3,5-7,9-12,15-16H,1-2H3,(H,19,20). The second-order valence-electron chi connectivity index (χ2n) is 5.90. The maximum Gasteiger partial charge on any atom is 0.228 e. The third-order valence-corrected chi connectivity index (χ3v) is 4.19. The third kappa shape index (κ3) is 2.16. The maximum atomic E-state index is 12.4. The molecule has 2 aromatic rings. The Kier molecular flexibility index (Phi) is 2.99. The van der Waals surface area contributed by atoms with Gasteiger partial charge in [-0.25, -0.2) is 0 Å². The van der Waals surface area contributed by atoms with E-state index in [1.54, 1.807) is 12.1 Å². The minimum atomic E-state index is 0.00998. The molecule has 0 heterocycles. The van der Waals surface area contributed by atoms with Crippen molar-refractivity contribution < 1.29 is 4.79 Å². The fraction of sp³-hybridized carbons (Fsp3) is 0.278. The average Bonchev–Trinajstić information content (AvgIpc) is 3.04. The maximum absolute atomic E-state index is 12.4. The van der Waals surface area contributed by atoms with E-state index in [0.717, 1.165) is 5.69 Å². The normalized spacial score (nSPS) is 22.7. The van der Waals surface area contributed by atoms with Gasteiger partial charge in [0.25, 0.3) is 0 Å². The molecule has 1 aliphatic rings. The summed E-state index contributed by atoms with van der Waals surface area (Å²) in [7, 11) is 0. The highest BCUT2D eigenvalue weighted by molar-refractivity contribution is 5.96. The molecule has 2 aromatic carbocycles. The van der Waals surface area contributed by atoms with Crippen LogP contribution in [0.2, 0.25) is 0 Å². The van der Waals surface area contributed by atoms with Crippen molar-refractivity contribution in [1.29, 1.82) is 0 Å². The summed E-state index contributed by atoms with van der Waals surface area (Å²) < 4.78 is 0. The van der Waals surface area contributed by atoms with Crippen molar-refractivity contribution in [3.63, 3.8) is 0 Å². The van der Waals surface area contributed by atoms with Crippen molar-refractivity contribution in [2.24, 2.45) is 11.3 Å². The molecule has 3 rings (SSSR count). The second kappa shape index (κ2) is 4.68. The van der Waals surface area contributed by atoms with E-state index in [9.17, 15) is 4.79 Å². The fourth-order valence-electron chi connectivity index (χ4n) is 3.05. The second-order valence-corrected chi connectivity index (χ2v) is 5.90. The van der Waals surface area contributed by atoms with Gasteiger partial charge in [0.2, 0.25) is 5.91 Å². The lowest BCUT2D eigenvalue weighted by Crippen LogP contribution is -2.16. The van der Waals surface area contributed by atoms with Crippen molar-refractivity contribution in [2.75, 3.05) is 5.32 Å². The molecule has 2 heteroatoms. The molecule has 0 radical (unpaired) electrons. The molecule has 0 spiro atoms. The van der Waals surface area contributed by atoms with Gasteiger partial charge in [0.1, 0.15) is 0 Å². The lowest BCUT2D eigenvalue weighted by Gasteiger charge is -2.04. The topological polar surface area (TPSA) is 29.1 Å². The summed E-state index contributed by atoms with van der Waals surface area (Å²) in [6.07, 6.45) is 0. The highest BCUT2D eigenvalue weighted by Gasteiger charge is 2.62. The van der Waals surface area contributed by atoms with Crippen LogP contribution < -0.4 is 5.32 Å². The van der Waals surface area contributed by atoms with Gasteiger partial charge in [-0.1, -0.05) is 56.3 Å². The zero-order chi connectivity index (χ0) is 14.2. The Labute approximate surface area is 119 Å². The predicted molar refractivity (Wildman–Crippen MR) is 79.2 cm³/mol. The van der Waals surface area contributed by atoms with Crippen LogP contribution in [-0.4, -0.2) is 5.91 Å². The van der Waals surface area contributed by atoms with Gasteiger partial charge in [0.05, 0.1) is 5.92 Å². The van der Waals surface area contributed by atoms with Crippen LogP contribution in [-0.2, 0) is 4.79 Å². The number of rotatable bonds is 3. The Balaban J connectivity index is 1.76. The Hall–Kier alpha value is -2.27. The fourth-order valence-corrected chi connectivity index (χ4v) is 3.05. The third-order valence-electron chi connectivity index (χ3n) is 4.19. The van der Waals surface area contributed by atoms with Crippen LogP contribution in [0.5, 0.6) is 0 Å². The molecule has 1 fully saturated rings. The molecule has 1 saturated carbocycles. The first-order chi connectivity index (χ1) is 9.60. The van der Waals surface area contributed by atoms with Crippen LogP contribution in [0.15, 0.2) is 48.5 Å². The van der Waals surface area contributed by atoms with Gasteiger partial charge in [0.15, 0.2) is 0 Å². The molecule has 0 saturated heterocycles. The largest absolute Gasteiger partial charge is 0.325 e. The van der Waals surface area contributed by atoms with Crippen LogP contribution in [0.1, 0.15) is 25.3 Å². The molecule has 1 aliphatic carbocycles. The van der Waals surface area contributed by atoms with Crippen molar-refractivity contribution >= 4 is 11.6 Å². The molecular formula is C18H17NO. The summed E-state index contributed by atoms with van der Waals surface area (Å²) in [5.41, 5.74) is 2.03. The average molecular weight is 263 g/mol. The lowest BCUT2D eigenvalue weighted by atomic mass is 10.0. The van der Waals surface area contributed by atoms with E-state index in [-0.39, 0.29) is 17.2 Å². The number of carbonyl (C=O) groups is 1. The molecule has 20 heavy (non-hydrogen) atoms. The summed E-state index contributed by atoms with van der Waals surface area (Å²) in [4.78, 5) is 12.4. The zero-order valence-electron chi connectivity index (χ0n) is 11.7. The Morgan fingerprint density at radius 3 is 2.55 bits per heavy atom. The molecule has 0 aliphatic heterocycles. The SMILES string of the molecule is CC1(C)C(C(=O)Nc2cc#ccc2)C1c1ccccc1. The number of benzene rings is 1. The minimum Gasteiger partial charge on any atom is -0.325 e.